The van der Waals surface area contributed by atoms with Crippen molar-refractivity contribution in [2.24, 2.45) is 5.14 Å². The molecule has 0 aliphatic carbocycles. The summed E-state index contributed by atoms with van der Waals surface area (Å²) in [5, 5.41) is 4.92. The lowest BCUT2D eigenvalue weighted by molar-refractivity contribution is -0.274. The molecular formula is C9H10F3NO3S. The van der Waals surface area contributed by atoms with Crippen LogP contribution in [0.3, 0.4) is 0 Å². The highest BCUT2D eigenvalue weighted by atomic mass is 32.2. The maximum Gasteiger partial charge on any atom is 0.573 e. The quantitative estimate of drug-likeness (QED) is 0.909. The van der Waals surface area contributed by atoms with Crippen molar-refractivity contribution in [2.45, 2.75) is 24.6 Å². The summed E-state index contributed by atoms with van der Waals surface area (Å²) in [6.45, 7) is 1.60. The van der Waals surface area contributed by atoms with E-state index in [2.05, 4.69) is 4.74 Å². The number of rotatable bonds is 3. The number of nitrogens with two attached hydrogens (primary N) is 1. The Labute approximate surface area is 96.2 Å². The first kappa shape index (κ1) is 13.8. The maximum atomic E-state index is 11.9. The molecule has 1 aromatic rings. The van der Waals surface area contributed by atoms with Crippen molar-refractivity contribution >= 4 is 10.0 Å². The molecule has 1 aromatic carbocycles. The molecule has 0 aliphatic heterocycles. The summed E-state index contributed by atoms with van der Waals surface area (Å²) in [5.74, 6) is -0.471. The Morgan fingerprint density at radius 1 is 1.35 bits per heavy atom. The van der Waals surface area contributed by atoms with E-state index in [1.165, 1.54) is 0 Å². The molecule has 0 bridgehead atoms. The predicted molar refractivity (Wildman–Crippen MR) is 53.9 cm³/mol. The average Bonchev–Trinajstić information content (AvgIpc) is 2.13. The highest BCUT2D eigenvalue weighted by Crippen LogP contribution is 2.26. The van der Waals surface area contributed by atoms with Crippen LogP contribution in [-0.4, -0.2) is 14.8 Å². The summed E-state index contributed by atoms with van der Waals surface area (Å²) in [5.41, 5.74) is 0.175. The standard InChI is InChI=1S/C9H10F3NO3S/c1-2-6-5-7(16-9(10,11)12)3-4-8(6)17(13,14)15/h3-5H,2H2,1H3,(H2,13,14,15). The first-order chi connectivity index (χ1) is 7.63. The minimum Gasteiger partial charge on any atom is -0.406 e. The summed E-state index contributed by atoms with van der Waals surface area (Å²) in [7, 11) is -3.94. The molecule has 2 N–H and O–H groups in total. The van der Waals surface area contributed by atoms with Crippen molar-refractivity contribution in [2.75, 3.05) is 0 Å². The van der Waals surface area contributed by atoms with Gasteiger partial charge in [0.25, 0.3) is 0 Å². The number of alkyl halides is 3. The molecule has 0 radical (unpaired) electrons. The van der Waals surface area contributed by atoms with Gasteiger partial charge in [-0.15, -0.1) is 13.2 Å². The van der Waals surface area contributed by atoms with Gasteiger partial charge in [0.05, 0.1) is 4.90 Å². The van der Waals surface area contributed by atoms with Crippen LogP contribution in [0.1, 0.15) is 12.5 Å². The van der Waals surface area contributed by atoms with Gasteiger partial charge in [-0.25, -0.2) is 13.6 Å². The zero-order valence-corrected chi connectivity index (χ0v) is 9.60. The fraction of sp³-hybridized carbons (Fsp3) is 0.333. The third-order valence-corrected chi connectivity index (χ3v) is 2.96. The number of hydrogen-bond acceptors (Lipinski definition) is 3. The molecule has 0 unspecified atom stereocenters. The smallest absolute Gasteiger partial charge is 0.406 e. The molecule has 8 heteroatoms. The molecule has 0 saturated carbocycles. The van der Waals surface area contributed by atoms with E-state index in [0.29, 0.717) is 0 Å². The minimum atomic E-state index is -4.81. The van der Waals surface area contributed by atoms with Gasteiger partial charge in [-0.05, 0) is 30.2 Å². The van der Waals surface area contributed by atoms with Gasteiger partial charge in [0, 0.05) is 0 Å². The molecule has 0 heterocycles. The molecule has 4 nitrogen and oxygen atoms in total. The molecule has 0 spiro atoms. The Bertz CT molecular complexity index is 511. The fourth-order valence-corrected chi connectivity index (χ4v) is 2.13. The number of halogens is 3. The molecule has 96 valence electrons. The number of aryl methyl sites for hydroxylation is 1. The normalized spacial score (nSPS) is 12.5. The van der Waals surface area contributed by atoms with Gasteiger partial charge >= 0.3 is 6.36 Å². The molecule has 0 aliphatic rings. The highest BCUT2D eigenvalue weighted by molar-refractivity contribution is 7.89. The number of ether oxygens (including phenoxy) is 1. The molecule has 1 rings (SSSR count). The van der Waals surface area contributed by atoms with Gasteiger partial charge in [-0.1, -0.05) is 6.92 Å². The number of primary sulfonamides is 1. The Morgan fingerprint density at radius 3 is 2.35 bits per heavy atom. The Morgan fingerprint density at radius 2 is 1.94 bits per heavy atom. The molecule has 0 aromatic heterocycles. The van der Waals surface area contributed by atoms with Gasteiger partial charge in [-0.3, -0.25) is 0 Å². The van der Waals surface area contributed by atoms with Crippen molar-refractivity contribution in [1.29, 1.82) is 0 Å². The third-order valence-electron chi connectivity index (χ3n) is 1.95. The van der Waals surface area contributed by atoms with E-state index < -0.39 is 22.1 Å². The molecular weight excluding hydrogens is 259 g/mol. The highest BCUT2D eigenvalue weighted by Gasteiger charge is 2.31. The largest absolute Gasteiger partial charge is 0.573 e. The van der Waals surface area contributed by atoms with Crippen LogP contribution in [0.4, 0.5) is 13.2 Å². The van der Waals surface area contributed by atoms with Crippen LogP contribution in [-0.2, 0) is 16.4 Å². The van der Waals surface area contributed by atoms with Crippen LogP contribution in [0.25, 0.3) is 0 Å². The Balaban J connectivity index is 3.19. The number of hydrogen-bond donors (Lipinski definition) is 1. The third kappa shape index (κ3) is 3.90. The second-order valence-electron chi connectivity index (χ2n) is 3.22. The number of benzene rings is 1. The lowest BCUT2D eigenvalue weighted by Gasteiger charge is -2.11. The van der Waals surface area contributed by atoms with Crippen molar-refractivity contribution in [1.82, 2.24) is 0 Å². The second-order valence-corrected chi connectivity index (χ2v) is 4.75. The summed E-state index contributed by atoms with van der Waals surface area (Å²) < 4.78 is 61.8. The van der Waals surface area contributed by atoms with E-state index in [0.717, 1.165) is 18.2 Å². The van der Waals surface area contributed by atoms with Crippen molar-refractivity contribution in [3.63, 3.8) is 0 Å². The fourth-order valence-electron chi connectivity index (χ4n) is 1.31. The van der Waals surface area contributed by atoms with Crippen LogP contribution < -0.4 is 9.88 Å². The van der Waals surface area contributed by atoms with Gasteiger partial charge in [0.1, 0.15) is 5.75 Å². The van der Waals surface area contributed by atoms with Crippen molar-refractivity contribution < 1.29 is 26.3 Å². The van der Waals surface area contributed by atoms with Gasteiger partial charge in [0.2, 0.25) is 10.0 Å². The average molecular weight is 269 g/mol. The van der Waals surface area contributed by atoms with Crippen LogP contribution in [0, 0.1) is 0 Å². The monoisotopic (exact) mass is 269 g/mol. The first-order valence-corrected chi connectivity index (χ1v) is 6.09. The topological polar surface area (TPSA) is 69.4 Å². The Hall–Kier alpha value is -1.28. The van der Waals surface area contributed by atoms with E-state index in [-0.39, 0.29) is 16.9 Å². The molecule has 0 amide bonds. The van der Waals surface area contributed by atoms with E-state index in [1.54, 1.807) is 6.92 Å². The SMILES string of the molecule is CCc1cc(OC(F)(F)F)ccc1S(N)(=O)=O. The van der Waals surface area contributed by atoms with Crippen molar-refractivity contribution in [3.8, 4) is 5.75 Å². The van der Waals surface area contributed by atoms with E-state index in [9.17, 15) is 21.6 Å². The van der Waals surface area contributed by atoms with Crippen LogP contribution in [0.5, 0.6) is 5.75 Å². The maximum absolute atomic E-state index is 11.9. The molecule has 0 atom stereocenters. The molecule has 0 saturated heterocycles. The van der Waals surface area contributed by atoms with Gasteiger partial charge in [0.15, 0.2) is 0 Å². The zero-order chi connectivity index (χ0) is 13.3. The molecule has 0 fully saturated rings. The summed E-state index contributed by atoms with van der Waals surface area (Å²) in [4.78, 5) is -0.200. The van der Waals surface area contributed by atoms with E-state index in [1.807, 2.05) is 0 Å². The van der Waals surface area contributed by atoms with Gasteiger partial charge in [-0.2, -0.15) is 0 Å². The Kier molecular flexibility index (Phi) is 3.68. The van der Waals surface area contributed by atoms with Crippen LogP contribution in [0.2, 0.25) is 0 Å². The minimum absolute atomic E-state index is 0.175. The van der Waals surface area contributed by atoms with Crippen molar-refractivity contribution in [3.05, 3.63) is 23.8 Å². The molecule has 17 heavy (non-hydrogen) atoms. The summed E-state index contributed by atoms with van der Waals surface area (Å²) in [6, 6.07) is 2.91. The van der Waals surface area contributed by atoms with E-state index >= 15 is 0 Å². The summed E-state index contributed by atoms with van der Waals surface area (Å²) in [6.07, 6.45) is -4.59. The van der Waals surface area contributed by atoms with Crippen LogP contribution in [0.15, 0.2) is 23.1 Å². The lowest BCUT2D eigenvalue weighted by atomic mass is 10.1. The van der Waals surface area contributed by atoms with E-state index in [4.69, 9.17) is 5.14 Å². The predicted octanol–water partition coefficient (Wildman–Crippen LogP) is 1.79. The lowest BCUT2D eigenvalue weighted by Crippen LogP contribution is -2.18. The summed E-state index contributed by atoms with van der Waals surface area (Å²) >= 11 is 0. The second kappa shape index (κ2) is 4.53. The first-order valence-electron chi connectivity index (χ1n) is 4.55. The zero-order valence-electron chi connectivity index (χ0n) is 8.78. The van der Waals surface area contributed by atoms with Crippen LogP contribution >= 0.6 is 0 Å². The number of sulfonamides is 1. The van der Waals surface area contributed by atoms with Gasteiger partial charge < -0.3 is 4.74 Å².